The maximum atomic E-state index is 9.57. The van der Waals surface area contributed by atoms with E-state index in [1.165, 1.54) is 17.7 Å². The highest BCUT2D eigenvalue weighted by Crippen LogP contribution is 2.36. The summed E-state index contributed by atoms with van der Waals surface area (Å²) < 4.78 is 0. The standard InChI is InChI=1S/C9H12OS/c10-8-4-1-3-7(8)9-5-2-6-11-9/h2,5-8,10H,1,3-4H2/t7-,8-/m1/s1. The Balaban J connectivity index is 2.16. The Morgan fingerprint density at radius 2 is 2.36 bits per heavy atom. The summed E-state index contributed by atoms with van der Waals surface area (Å²) in [7, 11) is 0. The molecule has 1 aliphatic rings. The molecule has 0 amide bonds. The molecule has 0 aliphatic heterocycles. The van der Waals surface area contributed by atoms with Gasteiger partial charge in [0.2, 0.25) is 0 Å². The van der Waals surface area contributed by atoms with Crippen molar-refractivity contribution in [2.75, 3.05) is 0 Å². The molecular weight excluding hydrogens is 156 g/mol. The third-order valence-corrected chi connectivity index (χ3v) is 3.39. The number of hydrogen-bond donors (Lipinski definition) is 1. The quantitative estimate of drug-likeness (QED) is 0.682. The normalized spacial score (nSPS) is 31.0. The van der Waals surface area contributed by atoms with Gasteiger partial charge in [0.05, 0.1) is 6.10 Å². The van der Waals surface area contributed by atoms with Gasteiger partial charge in [-0.3, -0.25) is 0 Å². The zero-order chi connectivity index (χ0) is 7.68. The van der Waals surface area contributed by atoms with Crippen LogP contribution in [0.4, 0.5) is 0 Å². The molecule has 0 radical (unpaired) electrons. The predicted octanol–water partition coefficient (Wildman–Crippen LogP) is 2.38. The van der Waals surface area contributed by atoms with Crippen LogP contribution in [0.1, 0.15) is 30.1 Å². The van der Waals surface area contributed by atoms with Gasteiger partial charge in [-0.05, 0) is 24.3 Å². The second kappa shape index (κ2) is 2.95. The predicted molar refractivity (Wildman–Crippen MR) is 46.9 cm³/mol. The molecule has 11 heavy (non-hydrogen) atoms. The van der Waals surface area contributed by atoms with Gasteiger partial charge < -0.3 is 5.11 Å². The molecule has 0 bridgehead atoms. The Kier molecular flexibility index (Phi) is 1.96. The molecule has 0 unspecified atom stereocenters. The van der Waals surface area contributed by atoms with Crippen LogP contribution in [0, 0.1) is 0 Å². The highest BCUT2D eigenvalue weighted by atomic mass is 32.1. The van der Waals surface area contributed by atoms with E-state index in [-0.39, 0.29) is 6.10 Å². The molecule has 60 valence electrons. The number of hydrogen-bond acceptors (Lipinski definition) is 2. The van der Waals surface area contributed by atoms with Gasteiger partial charge in [-0.25, -0.2) is 0 Å². The molecule has 1 aromatic heterocycles. The van der Waals surface area contributed by atoms with E-state index in [0.29, 0.717) is 5.92 Å². The van der Waals surface area contributed by atoms with Crippen LogP contribution in [0.5, 0.6) is 0 Å². The number of aliphatic hydroxyl groups excluding tert-OH is 1. The smallest absolute Gasteiger partial charge is 0.0616 e. The van der Waals surface area contributed by atoms with Crippen LogP contribution in [0.15, 0.2) is 17.5 Å². The topological polar surface area (TPSA) is 20.2 Å². The van der Waals surface area contributed by atoms with Crippen molar-refractivity contribution in [1.82, 2.24) is 0 Å². The van der Waals surface area contributed by atoms with Crippen molar-refractivity contribution in [1.29, 1.82) is 0 Å². The van der Waals surface area contributed by atoms with E-state index in [9.17, 15) is 5.11 Å². The van der Waals surface area contributed by atoms with Crippen molar-refractivity contribution in [3.8, 4) is 0 Å². The van der Waals surface area contributed by atoms with Crippen LogP contribution in [0.2, 0.25) is 0 Å². The lowest BCUT2D eigenvalue weighted by atomic mass is 10.0. The summed E-state index contributed by atoms with van der Waals surface area (Å²) in [6.45, 7) is 0. The molecule has 1 nitrogen and oxygen atoms in total. The van der Waals surface area contributed by atoms with Crippen molar-refractivity contribution in [2.45, 2.75) is 31.3 Å². The zero-order valence-corrected chi connectivity index (χ0v) is 7.18. The van der Waals surface area contributed by atoms with E-state index in [1.54, 1.807) is 11.3 Å². The number of aliphatic hydroxyl groups is 1. The maximum Gasteiger partial charge on any atom is 0.0616 e. The molecule has 2 atom stereocenters. The van der Waals surface area contributed by atoms with Gasteiger partial charge in [-0.1, -0.05) is 12.5 Å². The van der Waals surface area contributed by atoms with E-state index >= 15 is 0 Å². The highest BCUT2D eigenvalue weighted by Gasteiger charge is 2.26. The Labute approximate surface area is 70.7 Å². The Bertz CT molecular complexity index is 217. The van der Waals surface area contributed by atoms with Gasteiger partial charge in [0, 0.05) is 10.8 Å². The first-order valence-electron chi connectivity index (χ1n) is 4.09. The maximum absolute atomic E-state index is 9.57. The van der Waals surface area contributed by atoms with Crippen LogP contribution < -0.4 is 0 Å². The molecule has 1 saturated carbocycles. The Morgan fingerprint density at radius 1 is 1.45 bits per heavy atom. The zero-order valence-electron chi connectivity index (χ0n) is 6.36. The van der Waals surface area contributed by atoms with Crippen LogP contribution in [0.3, 0.4) is 0 Å². The second-order valence-electron chi connectivity index (χ2n) is 3.12. The van der Waals surface area contributed by atoms with Crippen LogP contribution in [-0.2, 0) is 0 Å². The fourth-order valence-electron chi connectivity index (χ4n) is 1.77. The minimum atomic E-state index is -0.0753. The van der Waals surface area contributed by atoms with Gasteiger partial charge in [0.15, 0.2) is 0 Å². The van der Waals surface area contributed by atoms with Gasteiger partial charge in [0.25, 0.3) is 0 Å². The van der Waals surface area contributed by atoms with Crippen LogP contribution in [0.25, 0.3) is 0 Å². The molecule has 1 aromatic rings. The van der Waals surface area contributed by atoms with Crippen molar-refractivity contribution in [2.24, 2.45) is 0 Å². The Morgan fingerprint density at radius 3 is 2.91 bits per heavy atom. The SMILES string of the molecule is O[C@@H]1CCC[C@H]1c1cccs1. The minimum absolute atomic E-state index is 0.0753. The third-order valence-electron chi connectivity index (χ3n) is 2.39. The van der Waals surface area contributed by atoms with E-state index in [0.717, 1.165) is 6.42 Å². The molecule has 2 rings (SSSR count). The summed E-state index contributed by atoms with van der Waals surface area (Å²) in [5.41, 5.74) is 0. The fourth-order valence-corrected chi connectivity index (χ4v) is 2.70. The molecule has 0 aromatic carbocycles. The number of thiophene rings is 1. The summed E-state index contributed by atoms with van der Waals surface area (Å²) in [6.07, 6.45) is 3.27. The van der Waals surface area contributed by atoms with Crippen molar-refractivity contribution in [3.05, 3.63) is 22.4 Å². The lowest BCUT2D eigenvalue weighted by Gasteiger charge is -2.11. The Hall–Kier alpha value is -0.340. The first-order chi connectivity index (χ1) is 5.38. The fraction of sp³-hybridized carbons (Fsp3) is 0.556. The summed E-state index contributed by atoms with van der Waals surface area (Å²) in [6, 6.07) is 4.19. The van der Waals surface area contributed by atoms with Gasteiger partial charge in [0.1, 0.15) is 0 Å². The molecule has 1 fully saturated rings. The molecule has 2 heteroatoms. The average Bonchev–Trinajstić information content (AvgIpc) is 2.55. The lowest BCUT2D eigenvalue weighted by molar-refractivity contribution is 0.165. The van der Waals surface area contributed by atoms with Crippen LogP contribution in [-0.4, -0.2) is 11.2 Å². The van der Waals surface area contributed by atoms with E-state index in [2.05, 4.69) is 17.5 Å². The molecule has 1 aliphatic carbocycles. The molecule has 1 N–H and O–H groups in total. The van der Waals surface area contributed by atoms with E-state index < -0.39 is 0 Å². The van der Waals surface area contributed by atoms with E-state index in [1.807, 2.05) is 0 Å². The lowest BCUT2D eigenvalue weighted by Crippen LogP contribution is -2.09. The molecule has 1 heterocycles. The summed E-state index contributed by atoms with van der Waals surface area (Å²) in [5.74, 6) is 0.440. The van der Waals surface area contributed by atoms with Crippen LogP contribution >= 0.6 is 11.3 Å². The molecular formula is C9H12OS. The molecule has 0 spiro atoms. The largest absolute Gasteiger partial charge is 0.392 e. The molecule has 0 saturated heterocycles. The van der Waals surface area contributed by atoms with Crippen molar-refractivity contribution < 1.29 is 5.11 Å². The highest BCUT2D eigenvalue weighted by molar-refractivity contribution is 7.10. The third kappa shape index (κ3) is 1.33. The van der Waals surface area contributed by atoms with Gasteiger partial charge >= 0.3 is 0 Å². The first kappa shape index (κ1) is 7.32. The monoisotopic (exact) mass is 168 g/mol. The van der Waals surface area contributed by atoms with Crippen molar-refractivity contribution in [3.63, 3.8) is 0 Å². The summed E-state index contributed by atoms with van der Waals surface area (Å²) in [4.78, 5) is 1.36. The second-order valence-corrected chi connectivity index (χ2v) is 4.10. The van der Waals surface area contributed by atoms with E-state index in [4.69, 9.17) is 0 Å². The van der Waals surface area contributed by atoms with Gasteiger partial charge in [-0.15, -0.1) is 11.3 Å². The van der Waals surface area contributed by atoms with Gasteiger partial charge in [-0.2, -0.15) is 0 Å². The minimum Gasteiger partial charge on any atom is -0.392 e. The first-order valence-corrected chi connectivity index (χ1v) is 4.97. The average molecular weight is 168 g/mol. The number of rotatable bonds is 1. The summed E-state index contributed by atoms with van der Waals surface area (Å²) in [5, 5.41) is 11.7. The summed E-state index contributed by atoms with van der Waals surface area (Å²) >= 11 is 1.76. The van der Waals surface area contributed by atoms with Crippen molar-refractivity contribution >= 4 is 11.3 Å².